The van der Waals surface area contributed by atoms with Gasteiger partial charge in [0.25, 0.3) is 15.9 Å². The van der Waals surface area contributed by atoms with Crippen LogP contribution in [-0.4, -0.2) is 20.4 Å². The van der Waals surface area contributed by atoms with Gasteiger partial charge in [0, 0.05) is 11.1 Å². The Balaban J connectivity index is 1.46. The molecule has 0 unspecified atom stereocenters. The SMILES string of the molecule is O=C(N[C@@H]1C[C@H]2CC[C@H]1C2)c1ccc(NS(=O)(=O)c2ccc(Cl)cc2)cc1Cl. The van der Waals surface area contributed by atoms with Gasteiger partial charge in [-0.1, -0.05) is 29.6 Å². The maximum atomic E-state index is 12.6. The molecule has 3 atom stereocenters. The summed E-state index contributed by atoms with van der Waals surface area (Å²) in [5, 5.41) is 3.75. The van der Waals surface area contributed by atoms with Crippen molar-refractivity contribution in [1.29, 1.82) is 0 Å². The van der Waals surface area contributed by atoms with Crippen molar-refractivity contribution in [2.24, 2.45) is 11.8 Å². The van der Waals surface area contributed by atoms with Crippen molar-refractivity contribution in [3.05, 3.63) is 58.1 Å². The highest BCUT2D eigenvalue weighted by atomic mass is 35.5. The zero-order valence-corrected chi connectivity index (χ0v) is 17.3. The van der Waals surface area contributed by atoms with E-state index < -0.39 is 10.0 Å². The fourth-order valence-corrected chi connectivity index (χ4v) is 5.70. The van der Waals surface area contributed by atoms with Crippen LogP contribution in [0.5, 0.6) is 0 Å². The van der Waals surface area contributed by atoms with Gasteiger partial charge in [-0.15, -0.1) is 0 Å². The first-order valence-electron chi connectivity index (χ1n) is 9.20. The van der Waals surface area contributed by atoms with Gasteiger partial charge in [0.1, 0.15) is 0 Å². The molecular weight excluding hydrogens is 419 g/mol. The highest BCUT2D eigenvalue weighted by Crippen LogP contribution is 2.44. The van der Waals surface area contributed by atoms with Gasteiger partial charge in [-0.25, -0.2) is 8.42 Å². The van der Waals surface area contributed by atoms with Crippen LogP contribution in [-0.2, 0) is 10.0 Å². The summed E-state index contributed by atoms with van der Waals surface area (Å²) in [6, 6.07) is 10.6. The number of carbonyl (C=O) groups is 1. The van der Waals surface area contributed by atoms with Gasteiger partial charge in [0.05, 0.1) is 21.2 Å². The number of sulfonamides is 1. The summed E-state index contributed by atoms with van der Waals surface area (Å²) in [6.45, 7) is 0. The summed E-state index contributed by atoms with van der Waals surface area (Å²) >= 11 is 12.1. The lowest BCUT2D eigenvalue weighted by Gasteiger charge is -2.23. The predicted molar refractivity (Wildman–Crippen MR) is 110 cm³/mol. The minimum atomic E-state index is -3.77. The second-order valence-electron chi connectivity index (χ2n) is 7.51. The molecule has 2 aromatic rings. The van der Waals surface area contributed by atoms with E-state index in [0.717, 1.165) is 12.3 Å². The van der Waals surface area contributed by atoms with Crippen LogP contribution in [0, 0.1) is 11.8 Å². The lowest BCUT2D eigenvalue weighted by Crippen LogP contribution is -2.38. The summed E-state index contributed by atoms with van der Waals surface area (Å²) in [5.41, 5.74) is 0.635. The first-order valence-corrected chi connectivity index (χ1v) is 11.4. The molecule has 0 saturated heterocycles. The van der Waals surface area contributed by atoms with Crippen LogP contribution in [0.15, 0.2) is 47.4 Å². The molecule has 1 amide bonds. The molecule has 0 aliphatic heterocycles. The van der Waals surface area contributed by atoms with Gasteiger partial charge in [-0.2, -0.15) is 0 Å². The molecule has 0 aromatic heterocycles. The smallest absolute Gasteiger partial charge is 0.261 e. The number of amides is 1. The summed E-state index contributed by atoms with van der Waals surface area (Å²) in [7, 11) is -3.77. The maximum absolute atomic E-state index is 12.6. The van der Waals surface area contributed by atoms with Crippen molar-refractivity contribution in [2.45, 2.75) is 36.6 Å². The summed E-state index contributed by atoms with van der Waals surface area (Å²) in [4.78, 5) is 12.7. The lowest BCUT2D eigenvalue weighted by atomic mass is 9.95. The molecule has 2 bridgehead atoms. The molecule has 28 heavy (non-hydrogen) atoms. The zero-order valence-electron chi connectivity index (χ0n) is 15.0. The van der Waals surface area contributed by atoms with Crippen LogP contribution in [0.4, 0.5) is 5.69 Å². The van der Waals surface area contributed by atoms with E-state index >= 15 is 0 Å². The quantitative estimate of drug-likeness (QED) is 0.709. The fourth-order valence-electron chi connectivity index (χ4n) is 4.26. The summed E-state index contributed by atoms with van der Waals surface area (Å²) in [6.07, 6.45) is 4.67. The van der Waals surface area contributed by atoms with E-state index in [0.29, 0.717) is 16.5 Å². The molecule has 2 saturated carbocycles. The van der Waals surface area contributed by atoms with Gasteiger partial charge >= 0.3 is 0 Å². The minimum Gasteiger partial charge on any atom is -0.349 e. The molecule has 2 aliphatic carbocycles. The normalized spacial score (nSPS) is 23.6. The van der Waals surface area contributed by atoms with Crippen molar-refractivity contribution >= 4 is 44.8 Å². The lowest BCUT2D eigenvalue weighted by molar-refractivity contribution is 0.0923. The van der Waals surface area contributed by atoms with E-state index in [-0.39, 0.29) is 27.6 Å². The molecule has 5 nitrogen and oxygen atoms in total. The largest absolute Gasteiger partial charge is 0.349 e. The zero-order chi connectivity index (χ0) is 19.9. The van der Waals surface area contributed by atoms with Crippen LogP contribution in [0.2, 0.25) is 10.0 Å². The number of fused-ring (bicyclic) bond motifs is 2. The van der Waals surface area contributed by atoms with E-state index in [1.54, 1.807) is 6.07 Å². The monoisotopic (exact) mass is 438 g/mol. The Hall–Kier alpha value is -1.76. The first-order chi connectivity index (χ1) is 13.3. The van der Waals surface area contributed by atoms with Crippen LogP contribution in [0.1, 0.15) is 36.0 Å². The molecule has 2 fully saturated rings. The molecule has 2 aliphatic rings. The van der Waals surface area contributed by atoms with Crippen molar-refractivity contribution in [3.8, 4) is 0 Å². The highest BCUT2D eigenvalue weighted by molar-refractivity contribution is 7.92. The van der Waals surface area contributed by atoms with Crippen LogP contribution in [0.25, 0.3) is 0 Å². The summed E-state index contributed by atoms with van der Waals surface area (Å²) < 4.78 is 27.4. The van der Waals surface area contributed by atoms with Crippen LogP contribution in [0.3, 0.4) is 0 Å². The molecule has 0 heterocycles. The van der Waals surface area contributed by atoms with Crippen molar-refractivity contribution in [3.63, 3.8) is 0 Å². The van der Waals surface area contributed by atoms with Crippen LogP contribution >= 0.6 is 23.2 Å². The molecule has 4 rings (SSSR count). The summed E-state index contributed by atoms with van der Waals surface area (Å²) in [5.74, 6) is 1.09. The Morgan fingerprint density at radius 1 is 1.00 bits per heavy atom. The molecule has 0 radical (unpaired) electrons. The Morgan fingerprint density at radius 3 is 2.36 bits per heavy atom. The standard InChI is InChI=1S/C20H20Cl2N2O3S/c21-14-3-6-16(7-4-14)28(26,27)24-15-5-8-17(18(22)11-15)20(25)23-19-10-12-1-2-13(19)9-12/h3-8,11-13,19,24H,1-2,9-10H2,(H,23,25)/t12-,13-,19+/m0/s1. The number of hydrogen-bond donors (Lipinski definition) is 2. The Labute approximate surface area is 174 Å². The molecular formula is C20H20Cl2N2O3S. The molecule has 0 spiro atoms. The molecule has 148 valence electrons. The molecule has 2 N–H and O–H groups in total. The fraction of sp³-hybridized carbons (Fsp3) is 0.350. The molecule has 2 aromatic carbocycles. The van der Waals surface area contributed by atoms with E-state index in [9.17, 15) is 13.2 Å². The van der Waals surface area contributed by atoms with Gasteiger partial charge in [-0.3, -0.25) is 9.52 Å². The van der Waals surface area contributed by atoms with Crippen molar-refractivity contribution < 1.29 is 13.2 Å². The first kappa shape index (κ1) is 19.6. The second kappa shape index (κ2) is 7.58. The molecule has 8 heteroatoms. The third kappa shape index (κ3) is 4.00. The van der Waals surface area contributed by atoms with Gasteiger partial charge in [-0.05, 0) is 73.6 Å². The number of benzene rings is 2. The van der Waals surface area contributed by atoms with Crippen molar-refractivity contribution in [1.82, 2.24) is 5.32 Å². The Bertz CT molecular complexity index is 1010. The number of rotatable bonds is 5. The minimum absolute atomic E-state index is 0.0890. The number of anilines is 1. The average molecular weight is 439 g/mol. The predicted octanol–water partition coefficient (Wildman–Crippen LogP) is 4.71. The Morgan fingerprint density at radius 2 is 1.75 bits per heavy atom. The van der Waals surface area contributed by atoms with Gasteiger partial charge < -0.3 is 5.32 Å². The van der Waals surface area contributed by atoms with Gasteiger partial charge in [0.2, 0.25) is 0 Å². The number of hydrogen-bond acceptors (Lipinski definition) is 3. The van der Waals surface area contributed by atoms with Crippen molar-refractivity contribution in [2.75, 3.05) is 4.72 Å². The highest BCUT2D eigenvalue weighted by Gasteiger charge is 2.40. The topological polar surface area (TPSA) is 75.3 Å². The second-order valence-corrected chi connectivity index (χ2v) is 10.0. The number of carbonyl (C=O) groups excluding carboxylic acids is 1. The number of halogens is 2. The average Bonchev–Trinajstić information content (AvgIpc) is 3.24. The third-order valence-corrected chi connectivity index (χ3v) is 7.61. The van der Waals surface area contributed by atoms with E-state index in [4.69, 9.17) is 23.2 Å². The van der Waals surface area contributed by atoms with Gasteiger partial charge in [0.15, 0.2) is 0 Å². The van der Waals surface area contributed by atoms with E-state index in [1.807, 2.05) is 0 Å². The van der Waals surface area contributed by atoms with E-state index in [1.165, 1.54) is 55.7 Å². The van der Waals surface area contributed by atoms with E-state index in [2.05, 4.69) is 10.0 Å². The third-order valence-electron chi connectivity index (χ3n) is 5.64. The Kier molecular flexibility index (Phi) is 5.29. The van der Waals surface area contributed by atoms with Crippen LogP contribution < -0.4 is 10.0 Å². The maximum Gasteiger partial charge on any atom is 0.261 e. The number of nitrogens with one attached hydrogen (secondary N) is 2.